The summed E-state index contributed by atoms with van der Waals surface area (Å²) in [6, 6.07) is 1.69. The monoisotopic (exact) mass is 286 g/mol. The molecular weight excluding hydrogens is 264 g/mol. The fourth-order valence-corrected chi connectivity index (χ4v) is 2.63. The Bertz CT molecular complexity index is 525. The van der Waals surface area contributed by atoms with Gasteiger partial charge >= 0.3 is 0 Å². The van der Waals surface area contributed by atoms with Crippen molar-refractivity contribution in [3.8, 4) is 11.8 Å². The first-order chi connectivity index (χ1) is 10.3. The van der Waals surface area contributed by atoms with Gasteiger partial charge < -0.3 is 10.4 Å². The highest BCUT2D eigenvalue weighted by molar-refractivity contribution is 5.96. The lowest BCUT2D eigenvalue weighted by atomic mass is 9.89. The van der Waals surface area contributed by atoms with Crippen LogP contribution in [0.15, 0.2) is 18.5 Å². The van der Waals surface area contributed by atoms with E-state index in [4.69, 9.17) is 5.11 Å². The molecule has 0 saturated heterocycles. The lowest BCUT2D eigenvalue weighted by molar-refractivity contribution is 0.0943. The average Bonchev–Trinajstić information content (AvgIpc) is 2.54. The van der Waals surface area contributed by atoms with E-state index in [1.165, 1.54) is 32.1 Å². The number of aliphatic hydroxyl groups excluding tert-OH is 1. The molecule has 1 heterocycles. The van der Waals surface area contributed by atoms with Crippen LogP contribution in [0.5, 0.6) is 0 Å². The van der Waals surface area contributed by atoms with Crippen LogP contribution in [-0.2, 0) is 0 Å². The van der Waals surface area contributed by atoms with Crippen molar-refractivity contribution in [1.29, 1.82) is 0 Å². The summed E-state index contributed by atoms with van der Waals surface area (Å²) < 4.78 is 0. The van der Waals surface area contributed by atoms with Crippen LogP contribution in [0.25, 0.3) is 0 Å². The maximum Gasteiger partial charge on any atom is 0.252 e. The second-order valence-corrected chi connectivity index (χ2v) is 5.41. The van der Waals surface area contributed by atoms with Crippen LogP contribution >= 0.6 is 0 Å². The van der Waals surface area contributed by atoms with Gasteiger partial charge in [-0.2, -0.15) is 0 Å². The molecule has 1 amide bonds. The summed E-state index contributed by atoms with van der Waals surface area (Å²) in [5.74, 6) is 6.25. The molecule has 2 N–H and O–H groups in total. The van der Waals surface area contributed by atoms with Crippen molar-refractivity contribution in [3.63, 3.8) is 0 Å². The number of aliphatic hydroxyl groups is 1. The van der Waals surface area contributed by atoms with Crippen molar-refractivity contribution < 1.29 is 9.90 Å². The summed E-state index contributed by atoms with van der Waals surface area (Å²) >= 11 is 0. The van der Waals surface area contributed by atoms with E-state index in [0.29, 0.717) is 23.5 Å². The van der Waals surface area contributed by atoms with Gasteiger partial charge in [-0.3, -0.25) is 9.78 Å². The number of aromatic nitrogens is 1. The maximum absolute atomic E-state index is 12.3. The van der Waals surface area contributed by atoms with Crippen LogP contribution in [0.1, 0.15) is 54.4 Å². The number of hydrogen-bond donors (Lipinski definition) is 2. The Labute approximate surface area is 126 Å². The zero-order valence-corrected chi connectivity index (χ0v) is 12.3. The van der Waals surface area contributed by atoms with Gasteiger partial charge in [0.15, 0.2) is 0 Å². The van der Waals surface area contributed by atoms with Gasteiger partial charge in [-0.05, 0) is 24.8 Å². The highest BCUT2D eigenvalue weighted by atomic mass is 16.2. The molecule has 0 radical (unpaired) electrons. The second-order valence-electron chi connectivity index (χ2n) is 5.41. The smallest absolute Gasteiger partial charge is 0.252 e. The number of carbonyl (C=O) groups excluding carboxylic acids is 1. The Morgan fingerprint density at radius 3 is 2.95 bits per heavy atom. The molecule has 1 aliphatic carbocycles. The molecule has 1 fully saturated rings. The SMILES string of the molecule is O=C(NCC1CCCCC1)c1ccncc1C#CCCO. The van der Waals surface area contributed by atoms with E-state index in [1.54, 1.807) is 18.5 Å². The minimum Gasteiger partial charge on any atom is -0.395 e. The van der Waals surface area contributed by atoms with Crippen molar-refractivity contribution in [1.82, 2.24) is 10.3 Å². The van der Waals surface area contributed by atoms with Gasteiger partial charge in [0.1, 0.15) is 0 Å². The molecule has 4 nitrogen and oxygen atoms in total. The molecule has 0 spiro atoms. The Kier molecular flexibility index (Phi) is 6.23. The number of rotatable bonds is 4. The molecular formula is C17H22N2O2. The third-order valence-electron chi connectivity index (χ3n) is 3.80. The molecule has 0 aliphatic heterocycles. The van der Waals surface area contributed by atoms with E-state index in [9.17, 15) is 4.79 Å². The fourth-order valence-electron chi connectivity index (χ4n) is 2.63. The molecule has 112 valence electrons. The molecule has 0 unspecified atom stereocenters. The minimum absolute atomic E-state index is 0.0243. The van der Waals surface area contributed by atoms with Crippen molar-refractivity contribution in [2.45, 2.75) is 38.5 Å². The van der Waals surface area contributed by atoms with Gasteiger partial charge in [-0.15, -0.1) is 0 Å². The molecule has 1 saturated carbocycles. The van der Waals surface area contributed by atoms with Gasteiger partial charge in [-0.1, -0.05) is 31.1 Å². The zero-order chi connectivity index (χ0) is 14.9. The second kappa shape index (κ2) is 8.43. The van der Waals surface area contributed by atoms with Gasteiger partial charge in [0.05, 0.1) is 17.7 Å². The van der Waals surface area contributed by atoms with E-state index >= 15 is 0 Å². The predicted octanol–water partition coefficient (Wildman–Crippen LogP) is 2.13. The molecule has 0 aromatic carbocycles. The topological polar surface area (TPSA) is 62.2 Å². The molecule has 4 heteroatoms. The van der Waals surface area contributed by atoms with Gasteiger partial charge in [0, 0.05) is 25.4 Å². The van der Waals surface area contributed by atoms with Crippen LogP contribution in [-0.4, -0.2) is 29.1 Å². The Morgan fingerprint density at radius 2 is 2.19 bits per heavy atom. The van der Waals surface area contributed by atoms with E-state index in [2.05, 4.69) is 22.1 Å². The number of nitrogens with zero attached hydrogens (tertiary/aromatic N) is 1. The van der Waals surface area contributed by atoms with Gasteiger partial charge in [0.25, 0.3) is 5.91 Å². The quantitative estimate of drug-likeness (QED) is 0.833. The number of carbonyl (C=O) groups is 1. The van der Waals surface area contributed by atoms with Crippen molar-refractivity contribution in [3.05, 3.63) is 29.6 Å². The van der Waals surface area contributed by atoms with Crippen molar-refractivity contribution in [2.24, 2.45) is 5.92 Å². The third kappa shape index (κ3) is 4.87. The minimum atomic E-state index is -0.0868. The summed E-state index contributed by atoms with van der Waals surface area (Å²) in [7, 11) is 0. The fraction of sp³-hybridized carbons (Fsp3) is 0.529. The first-order valence-corrected chi connectivity index (χ1v) is 7.63. The van der Waals surface area contributed by atoms with E-state index in [1.807, 2.05) is 0 Å². The summed E-state index contributed by atoms with van der Waals surface area (Å²) in [4.78, 5) is 16.3. The summed E-state index contributed by atoms with van der Waals surface area (Å²) in [6.45, 7) is 0.765. The van der Waals surface area contributed by atoms with Crippen LogP contribution in [0.3, 0.4) is 0 Å². The van der Waals surface area contributed by atoms with E-state index in [0.717, 1.165) is 6.54 Å². The summed E-state index contributed by atoms with van der Waals surface area (Å²) in [5, 5.41) is 11.8. The maximum atomic E-state index is 12.3. The standard InChI is InChI=1S/C17H22N2O2/c20-11-5-4-8-15-13-18-10-9-16(15)17(21)19-12-14-6-2-1-3-7-14/h9-10,13-14,20H,1-3,5-7,11-12H2,(H,19,21). The normalized spacial score (nSPS) is 15.1. The lowest BCUT2D eigenvalue weighted by Gasteiger charge is -2.21. The van der Waals surface area contributed by atoms with Crippen molar-refractivity contribution in [2.75, 3.05) is 13.2 Å². The summed E-state index contributed by atoms with van der Waals surface area (Å²) in [6.07, 6.45) is 9.88. The highest BCUT2D eigenvalue weighted by Gasteiger charge is 2.16. The molecule has 1 aromatic rings. The number of amides is 1. The predicted molar refractivity (Wildman–Crippen MR) is 81.7 cm³/mol. The van der Waals surface area contributed by atoms with Crippen LogP contribution in [0.4, 0.5) is 0 Å². The van der Waals surface area contributed by atoms with Crippen molar-refractivity contribution >= 4 is 5.91 Å². The highest BCUT2D eigenvalue weighted by Crippen LogP contribution is 2.22. The largest absolute Gasteiger partial charge is 0.395 e. The van der Waals surface area contributed by atoms with Crippen LogP contribution < -0.4 is 5.32 Å². The molecule has 21 heavy (non-hydrogen) atoms. The Morgan fingerprint density at radius 1 is 1.38 bits per heavy atom. The van der Waals surface area contributed by atoms with Gasteiger partial charge in [-0.25, -0.2) is 0 Å². The first kappa shape index (κ1) is 15.5. The molecule has 2 rings (SSSR count). The zero-order valence-electron chi connectivity index (χ0n) is 12.3. The lowest BCUT2D eigenvalue weighted by Crippen LogP contribution is -2.30. The van der Waals surface area contributed by atoms with Crippen LogP contribution in [0, 0.1) is 17.8 Å². The van der Waals surface area contributed by atoms with Gasteiger partial charge in [0.2, 0.25) is 0 Å². The molecule has 0 bridgehead atoms. The average molecular weight is 286 g/mol. The molecule has 0 atom stereocenters. The molecule has 1 aromatic heterocycles. The van der Waals surface area contributed by atoms with E-state index in [-0.39, 0.29) is 12.5 Å². The number of hydrogen-bond acceptors (Lipinski definition) is 3. The number of pyridine rings is 1. The third-order valence-corrected chi connectivity index (χ3v) is 3.80. The Balaban J connectivity index is 1.96. The van der Waals surface area contributed by atoms with E-state index < -0.39 is 0 Å². The summed E-state index contributed by atoms with van der Waals surface area (Å²) in [5.41, 5.74) is 1.18. The van der Waals surface area contributed by atoms with Crippen LogP contribution in [0.2, 0.25) is 0 Å². The number of nitrogens with one attached hydrogen (secondary N) is 1. The molecule has 1 aliphatic rings. The first-order valence-electron chi connectivity index (χ1n) is 7.63. The Hall–Kier alpha value is -1.86.